The number of fused-ring (bicyclic) bond motifs is 14. The molecule has 6 aromatic carbocycles. The molecule has 0 unspecified atom stereocenters. The highest BCUT2D eigenvalue weighted by molar-refractivity contribution is 7.27. The van der Waals surface area contributed by atoms with Gasteiger partial charge in [0.1, 0.15) is 6.33 Å². The Kier molecular flexibility index (Phi) is 5.68. The van der Waals surface area contributed by atoms with E-state index in [9.17, 15) is 0 Å². The third-order valence-corrected chi connectivity index (χ3v) is 12.6. The number of hydrogen-bond acceptors (Lipinski definition) is 7. The van der Waals surface area contributed by atoms with E-state index in [1.54, 1.807) is 12.4 Å². The minimum absolute atomic E-state index is 0.503. The first-order valence-electron chi connectivity index (χ1n) is 17.0. The Labute approximate surface area is 302 Å². The van der Waals surface area contributed by atoms with E-state index in [0.717, 1.165) is 32.8 Å². The summed E-state index contributed by atoms with van der Waals surface area (Å²) in [5, 5.41) is 9.77. The van der Waals surface area contributed by atoms with Crippen LogP contribution in [0, 0.1) is 0 Å². The largest absolute Gasteiger partial charge is 0.278 e. The summed E-state index contributed by atoms with van der Waals surface area (Å²) in [7, 11) is 0. The second kappa shape index (κ2) is 10.5. The van der Waals surface area contributed by atoms with Crippen molar-refractivity contribution in [2.24, 2.45) is 0 Å². The zero-order valence-electron chi connectivity index (χ0n) is 27.2. The molecule has 9 heteroatoms. The third-order valence-electron chi connectivity index (χ3n) is 10.2. The lowest BCUT2D eigenvalue weighted by molar-refractivity contribution is 0.891. The zero-order valence-corrected chi connectivity index (χ0v) is 28.9. The monoisotopic (exact) mass is 701 g/mol. The lowest BCUT2D eigenvalue weighted by Crippen LogP contribution is -2.10. The lowest BCUT2D eigenvalue weighted by atomic mass is 10.1. The van der Waals surface area contributed by atoms with Crippen LogP contribution in [0.1, 0.15) is 0 Å². The Morgan fingerprint density at radius 2 is 0.865 bits per heavy atom. The van der Waals surface area contributed by atoms with E-state index in [0.29, 0.717) is 23.3 Å². The number of nitrogens with zero attached hydrogens (tertiary/aromatic N) is 7. The van der Waals surface area contributed by atoms with Crippen molar-refractivity contribution in [3.05, 3.63) is 140 Å². The van der Waals surface area contributed by atoms with Gasteiger partial charge in [-0.25, -0.2) is 9.97 Å². The van der Waals surface area contributed by atoms with Gasteiger partial charge in [0.05, 0.1) is 27.6 Å². The third kappa shape index (κ3) is 3.80. The standard InChI is InChI=1S/C43H23N7S2/c1-5-13-31-29(11-1)37-33(19-17-27-25-9-3-7-15-35(25)51-39(27)37)49(31)42-46-41(24-21-44-23-45-22-24)47-43(48-42)50-32-14-6-2-12-30(32)38-34(50)20-18-28-26-10-4-8-16-36(26)52-40(28)38/h1-23H. The highest BCUT2D eigenvalue weighted by Gasteiger charge is 2.23. The minimum Gasteiger partial charge on any atom is -0.278 e. The fourth-order valence-corrected chi connectivity index (χ4v) is 10.5. The molecule has 0 amide bonds. The first kappa shape index (κ1) is 28.2. The molecule has 0 saturated heterocycles. The van der Waals surface area contributed by atoms with Crippen LogP contribution < -0.4 is 0 Å². The van der Waals surface area contributed by atoms with Crippen molar-refractivity contribution in [2.45, 2.75) is 0 Å². The van der Waals surface area contributed by atoms with Crippen molar-refractivity contribution in [3.8, 4) is 23.3 Å². The van der Waals surface area contributed by atoms with Gasteiger partial charge in [0.15, 0.2) is 5.82 Å². The molecular formula is C43H23N7S2. The molecular weight excluding hydrogens is 679 g/mol. The summed E-state index contributed by atoms with van der Waals surface area (Å²) >= 11 is 3.67. The smallest absolute Gasteiger partial charge is 0.240 e. The number of aromatic nitrogens is 7. The van der Waals surface area contributed by atoms with E-state index >= 15 is 0 Å². The molecule has 0 aliphatic rings. The van der Waals surface area contributed by atoms with Gasteiger partial charge in [-0.2, -0.15) is 15.0 Å². The molecule has 6 heterocycles. The molecule has 6 aromatic heterocycles. The predicted molar refractivity (Wildman–Crippen MR) is 215 cm³/mol. The number of para-hydroxylation sites is 2. The van der Waals surface area contributed by atoms with Crippen molar-refractivity contribution in [2.75, 3.05) is 0 Å². The topological polar surface area (TPSA) is 74.3 Å². The average Bonchev–Trinajstić information content (AvgIpc) is 3.95. The minimum atomic E-state index is 0.503. The Morgan fingerprint density at radius 3 is 1.38 bits per heavy atom. The maximum Gasteiger partial charge on any atom is 0.240 e. The predicted octanol–water partition coefficient (Wildman–Crippen LogP) is 11.3. The SMILES string of the molecule is c1ccc2c(c1)sc1c2ccc2c1c1ccccc1n2-c1nc(-c2cncnc2)nc(-n2c3ccccc3c3c4sc5ccccc5c4ccc32)n1. The molecule has 0 bridgehead atoms. The first-order chi connectivity index (χ1) is 25.8. The lowest BCUT2D eigenvalue weighted by Gasteiger charge is -2.12. The molecule has 12 rings (SSSR count). The van der Waals surface area contributed by atoms with Crippen molar-refractivity contribution < 1.29 is 0 Å². The van der Waals surface area contributed by atoms with Gasteiger partial charge in [-0.3, -0.25) is 9.13 Å². The van der Waals surface area contributed by atoms with Gasteiger partial charge in [-0.15, -0.1) is 22.7 Å². The Hall–Kier alpha value is -6.55. The van der Waals surface area contributed by atoms with Crippen LogP contribution in [0.2, 0.25) is 0 Å². The Bertz CT molecular complexity index is 3220. The van der Waals surface area contributed by atoms with Crippen LogP contribution in [0.5, 0.6) is 0 Å². The molecule has 0 radical (unpaired) electrons. The van der Waals surface area contributed by atoms with Gasteiger partial charge in [0.25, 0.3) is 0 Å². The molecule has 0 aliphatic carbocycles. The summed E-state index contributed by atoms with van der Waals surface area (Å²) < 4.78 is 9.43. The summed E-state index contributed by atoms with van der Waals surface area (Å²) in [6, 6.07) is 43.3. The molecule has 7 nitrogen and oxygen atoms in total. The fraction of sp³-hybridized carbons (Fsp3) is 0. The highest BCUT2D eigenvalue weighted by atomic mass is 32.1. The van der Waals surface area contributed by atoms with Gasteiger partial charge in [-0.05, 0) is 36.4 Å². The number of rotatable bonds is 3. The van der Waals surface area contributed by atoms with E-state index in [-0.39, 0.29) is 0 Å². The van der Waals surface area contributed by atoms with Crippen LogP contribution in [-0.2, 0) is 0 Å². The summed E-state index contributed by atoms with van der Waals surface area (Å²) in [5.74, 6) is 1.57. The molecule has 12 aromatic rings. The van der Waals surface area contributed by atoms with Gasteiger partial charge in [0, 0.05) is 74.3 Å². The normalized spacial score (nSPS) is 12.2. The van der Waals surface area contributed by atoms with E-state index in [2.05, 4.69) is 140 Å². The van der Waals surface area contributed by atoms with Crippen molar-refractivity contribution in [3.63, 3.8) is 0 Å². The van der Waals surface area contributed by atoms with Gasteiger partial charge in [-0.1, -0.05) is 84.9 Å². The zero-order chi connectivity index (χ0) is 33.9. The summed E-state index contributed by atoms with van der Waals surface area (Å²) in [4.78, 5) is 24.4. The van der Waals surface area contributed by atoms with Gasteiger partial charge in [0.2, 0.25) is 11.9 Å². The Morgan fingerprint density at radius 1 is 0.404 bits per heavy atom. The van der Waals surface area contributed by atoms with Gasteiger partial charge < -0.3 is 0 Å². The first-order valence-corrected chi connectivity index (χ1v) is 18.6. The maximum atomic E-state index is 5.36. The van der Waals surface area contributed by atoms with Crippen LogP contribution in [0.15, 0.2) is 140 Å². The summed E-state index contributed by atoms with van der Waals surface area (Å²) in [6.45, 7) is 0. The molecule has 242 valence electrons. The van der Waals surface area contributed by atoms with Crippen LogP contribution in [0.4, 0.5) is 0 Å². The van der Waals surface area contributed by atoms with E-state index in [1.807, 2.05) is 22.7 Å². The molecule has 0 atom stereocenters. The number of benzene rings is 6. The molecule has 0 N–H and O–H groups in total. The second-order valence-corrected chi connectivity index (χ2v) is 15.1. The Balaban J connectivity index is 1.21. The second-order valence-electron chi connectivity index (χ2n) is 13.0. The highest BCUT2D eigenvalue weighted by Crippen LogP contribution is 2.45. The molecule has 0 aliphatic heterocycles. The molecule has 52 heavy (non-hydrogen) atoms. The van der Waals surface area contributed by atoms with Crippen LogP contribution >= 0.6 is 22.7 Å². The van der Waals surface area contributed by atoms with Crippen molar-refractivity contribution >= 4 is 107 Å². The number of thiophene rings is 2. The average molecular weight is 702 g/mol. The van der Waals surface area contributed by atoms with E-state index in [1.165, 1.54) is 57.4 Å². The summed E-state index contributed by atoms with van der Waals surface area (Å²) in [5.41, 5.74) is 4.87. The van der Waals surface area contributed by atoms with E-state index in [4.69, 9.17) is 15.0 Å². The fourth-order valence-electron chi connectivity index (χ4n) is 8.00. The van der Waals surface area contributed by atoms with Crippen LogP contribution in [-0.4, -0.2) is 34.1 Å². The van der Waals surface area contributed by atoms with Crippen LogP contribution in [0.25, 0.3) is 107 Å². The van der Waals surface area contributed by atoms with Crippen molar-refractivity contribution in [1.82, 2.24) is 34.1 Å². The van der Waals surface area contributed by atoms with Gasteiger partial charge >= 0.3 is 0 Å². The molecule has 0 fully saturated rings. The van der Waals surface area contributed by atoms with Crippen molar-refractivity contribution in [1.29, 1.82) is 0 Å². The number of hydrogen-bond donors (Lipinski definition) is 0. The maximum absolute atomic E-state index is 5.36. The summed E-state index contributed by atoms with van der Waals surface area (Å²) in [6.07, 6.45) is 5.04. The molecule has 0 spiro atoms. The molecule has 0 saturated carbocycles. The quantitative estimate of drug-likeness (QED) is 0.183. The van der Waals surface area contributed by atoms with Crippen LogP contribution in [0.3, 0.4) is 0 Å². The van der Waals surface area contributed by atoms with E-state index < -0.39 is 0 Å².